The van der Waals surface area contributed by atoms with Crippen molar-refractivity contribution in [1.29, 1.82) is 5.26 Å². The monoisotopic (exact) mass is 367 g/mol. The average Bonchev–Trinajstić information content (AvgIpc) is 3.07. The van der Waals surface area contributed by atoms with E-state index in [0.717, 1.165) is 32.2 Å². The molecule has 1 saturated carbocycles. The van der Waals surface area contributed by atoms with Crippen molar-refractivity contribution in [3.8, 4) is 6.07 Å². The summed E-state index contributed by atoms with van der Waals surface area (Å²) in [7, 11) is 0. The lowest BCUT2D eigenvalue weighted by molar-refractivity contribution is -0.122. The number of nitrogens with one attached hydrogen (secondary N) is 2. The molecule has 2 aromatic rings. The highest BCUT2D eigenvalue weighted by molar-refractivity contribution is 5.76. The van der Waals surface area contributed by atoms with Gasteiger partial charge in [0.05, 0.1) is 6.20 Å². The number of hydrogen-bond donors (Lipinski definition) is 3. The maximum Gasteiger partial charge on any atom is 0.224 e. The molecule has 8 nitrogen and oxygen atoms in total. The zero-order valence-electron chi connectivity index (χ0n) is 15.5. The number of anilines is 2. The lowest BCUT2D eigenvalue weighted by atomic mass is 9.85. The summed E-state index contributed by atoms with van der Waals surface area (Å²) in [6, 6.07) is 6.39. The number of aromatic nitrogens is 3. The van der Waals surface area contributed by atoms with Crippen LogP contribution in [-0.2, 0) is 11.3 Å². The van der Waals surface area contributed by atoms with Gasteiger partial charge in [-0.1, -0.05) is 0 Å². The number of nitrogens with two attached hydrogens (primary N) is 1. The maximum absolute atomic E-state index is 11.3. The molecule has 2 heterocycles. The number of nitrogens with zero attached hydrogens (tertiary/aromatic N) is 4. The zero-order chi connectivity index (χ0) is 19.2. The summed E-state index contributed by atoms with van der Waals surface area (Å²) in [5, 5.41) is 15.9. The minimum Gasteiger partial charge on any atom is -0.369 e. The SMILES string of the molecule is Cc1cccn1CCNc1ncc(C#N)c(NC2CCC(C(N)=O)CC2)n1. The van der Waals surface area contributed by atoms with Crippen molar-refractivity contribution >= 4 is 17.7 Å². The van der Waals surface area contributed by atoms with Gasteiger partial charge in [0, 0.05) is 36.9 Å². The molecule has 3 rings (SSSR count). The van der Waals surface area contributed by atoms with Gasteiger partial charge in [-0.25, -0.2) is 4.98 Å². The maximum atomic E-state index is 11.3. The predicted octanol–water partition coefficient (Wildman–Crippen LogP) is 2.03. The van der Waals surface area contributed by atoms with Gasteiger partial charge in [-0.05, 0) is 44.7 Å². The smallest absolute Gasteiger partial charge is 0.224 e. The van der Waals surface area contributed by atoms with Crippen molar-refractivity contribution in [3.05, 3.63) is 35.8 Å². The molecule has 1 aliphatic rings. The number of nitriles is 1. The lowest BCUT2D eigenvalue weighted by Crippen LogP contribution is -2.32. The first-order valence-electron chi connectivity index (χ1n) is 9.25. The van der Waals surface area contributed by atoms with Crippen LogP contribution in [0.15, 0.2) is 24.5 Å². The van der Waals surface area contributed by atoms with E-state index in [1.54, 1.807) is 0 Å². The number of rotatable bonds is 7. The molecule has 1 fully saturated rings. The van der Waals surface area contributed by atoms with Crippen LogP contribution < -0.4 is 16.4 Å². The second kappa shape index (κ2) is 8.54. The minimum atomic E-state index is -0.224. The van der Waals surface area contributed by atoms with E-state index in [1.165, 1.54) is 11.9 Å². The van der Waals surface area contributed by atoms with Crippen molar-refractivity contribution in [3.63, 3.8) is 0 Å². The molecule has 142 valence electrons. The van der Waals surface area contributed by atoms with Crippen molar-refractivity contribution in [2.45, 2.75) is 45.2 Å². The van der Waals surface area contributed by atoms with E-state index >= 15 is 0 Å². The predicted molar refractivity (Wildman–Crippen MR) is 103 cm³/mol. The van der Waals surface area contributed by atoms with Crippen LogP contribution in [0.4, 0.5) is 11.8 Å². The van der Waals surface area contributed by atoms with Crippen molar-refractivity contribution in [2.24, 2.45) is 11.7 Å². The van der Waals surface area contributed by atoms with Gasteiger partial charge in [-0.2, -0.15) is 10.2 Å². The van der Waals surface area contributed by atoms with Crippen LogP contribution in [-0.4, -0.2) is 33.0 Å². The van der Waals surface area contributed by atoms with Crippen LogP contribution >= 0.6 is 0 Å². The topological polar surface area (TPSA) is 122 Å². The summed E-state index contributed by atoms with van der Waals surface area (Å²) in [6.45, 7) is 3.56. The van der Waals surface area contributed by atoms with Crippen molar-refractivity contribution < 1.29 is 4.79 Å². The fourth-order valence-corrected chi connectivity index (χ4v) is 3.41. The molecule has 0 saturated heterocycles. The van der Waals surface area contributed by atoms with E-state index in [0.29, 0.717) is 23.9 Å². The van der Waals surface area contributed by atoms with Crippen LogP contribution in [0, 0.1) is 24.2 Å². The summed E-state index contributed by atoms with van der Waals surface area (Å²) < 4.78 is 2.15. The van der Waals surface area contributed by atoms with Crippen LogP contribution in [0.1, 0.15) is 36.9 Å². The Balaban J connectivity index is 1.59. The number of aryl methyl sites for hydroxylation is 1. The molecule has 1 amide bonds. The van der Waals surface area contributed by atoms with E-state index in [1.807, 2.05) is 12.3 Å². The highest BCUT2D eigenvalue weighted by Crippen LogP contribution is 2.27. The number of amides is 1. The second-order valence-electron chi connectivity index (χ2n) is 6.93. The van der Waals surface area contributed by atoms with Gasteiger partial charge in [0.15, 0.2) is 0 Å². The Hall–Kier alpha value is -3.08. The third-order valence-electron chi connectivity index (χ3n) is 5.07. The Bertz CT molecular complexity index is 831. The Labute approximate surface area is 158 Å². The van der Waals surface area contributed by atoms with Gasteiger partial charge < -0.3 is 20.9 Å². The molecule has 1 aliphatic carbocycles. The lowest BCUT2D eigenvalue weighted by Gasteiger charge is -2.28. The number of carbonyl (C=O) groups is 1. The van der Waals surface area contributed by atoms with E-state index in [-0.39, 0.29) is 17.9 Å². The van der Waals surface area contributed by atoms with Crippen LogP contribution in [0.2, 0.25) is 0 Å². The van der Waals surface area contributed by atoms with Gasteiger partial charge in [0.1, 0.15) is 17.5 Å². The molecule has 0 aromatic carbocycles. The summed E-state index contributed by atoms with van der Waals surface area (Å²) >= 11 is 0. The molecular weight excluding hydrogens is 342 g/mol. The highest BCUT2D eigenvalue weighted by atomic mass is 16.1. The quantitative estimate of drug-likeness (QED) is 0.688. The fourth-order valence-electron chi connectivity index (χ4n) is 3.41. The van der Waals surface area contributed by atoms with Gasteiger partial charge >= 0.3 is 0 Å². The van der Waals surface area contributed by atoms with Crippen LogP contribution in [0.5, 0.6) is 0 Å². The molecule has 8 heteroatoms. The molecule has 4 N–H and O–H groups in total. The van der Waals surface area contributed by atoms with Crippen molar-refractivity contribution in [1.82, 2.24) is 14.5 Å². The molecule has 0 unspecified atom stereocenters. The first kappa shape index (κ1) is 18.7. The standard InChI is InChI=1S/C19H25N7O/c1-13-3-2-9-26(13)10-8-22-19-23-12-15(11-20)18(25-19)24-16-6-4-14(5-7-16)17(21)27/h2-3,9,12,14,16H,4-8,10H2,1H3,(H2,21,27)(H2,22,23,24,25). The Kier molecular flexibility index (Phi) is 5.91. The first-order valence-corrected chi connectivity index (χ1v) is 9.25. The number of hydrogen-bond acceptors (Lipinski definition) is 6. The molecule has 0 radical (unpaired) electrons. The highest BCUT2D eigenvalue weighted by Gasteiger charge is 2.25. The third kappa shape index (κ3) is 4.76. The van der Waals surface area contributed by atoms with Gasteiger partial charge in [-0.15, -0.1) is 0 Å². The van der Waals surface area contributed by atoms with Crippen LogP contribution in [0.25, 0.3) is 0 Å². The van der Waals surface area contributed by atoms with Gasteiger partial charge in [-0.3, -0.25) is 4.79 Å². The third-order valence-corrected chi connectivity index (χ3v) is 5.07. The largest absolute Gasteiger partial charge is 0.369 e. The Morgan fingerprint density at radius 3 is 2.81 bits per heavy atom. The Morgan fingerprint density at radius 2 is 2.19 bits per heavy atom. The Morgan fingerprint density at radius 1 is 1.41 bits per heavy atom. The molecule has 0 spiro atoms. The first-order chi connectivity index (χ1) is 13.1. The molecule has 0 aliphatic heterocycles. The fraction of sp³-hybridized carbons (Fsp3) is 0.474. The molecule has 0 atom stereocenters. The van der Waals surface area contributed by atoms with Crippen LogP contribution in [0.3, 0.4) is 0 Å². The summed E-state index contributed by atoms with van der Waals surface area (Å²) in [6.07, 6.45) is 6.76. The van der Waals surface area contributed by atoms with E-state index in [9.17, 15) is 10.1 Å². The summed E-state index contributed by atoms with van der Waals surface area (Å²) in [5.41, 5.74) is 7.00. The zero-order valence-corrected chi connectivity index (χ0v) is 15.5. The average molecular weight is 367 g/mol. The molecular formula is C19H25N7O. The van der Waals surface area contributed by atoms with E-state index in [2.05, 4.69) is 44.2 Å². The second-order valence-corrected chi connectivity index (χ2v) is 6.93. The summed E-state index contributed by atoms with van der Waals surface area (Å²) in [5.74, 6) is 0.762. The molecule has 0 bridgehead atoms. The minimum absolute atomic E-state index is 0.0433. The normalized spacial score (nSPS) is 19.3. The van der Waals surface area contributed by atoms with Gasteiger partial charge in [0.2, 0.25) is 11.9 Å². The molecule has 27 heavy (non-hydrogen) atoms. The van der Waals surface area contributed by atoms with Gasteiger partial charge in [0.25, 0.3) is 0 Å². The molecule has 2 aromatic heterocycles. The van der Waals surface area contributed by atoms with E-state index in [4.69, 9.17) is 5.73 Å². The summed E-state index contributed by atoms with van der Waals surface area (Å²) in [4.78, 5) is 20.0. The van der Waals surface area contributed by atoms with E-state index < -0.39 is 0 Å². The van der Waals surface area contributed by atoms with Crippen molar-refractivity contribution in [2.75, 3.05) is 17.2 Å². The number of carbonyl (C=O) groups excluding carboxylic acids is 1. The number of primary amides is 1.